The molecular weight excluding hydrogens is 393 g/mol. The van der Waals surface area contributed by atoms with E-state index in [2.05, 4.69) is 4.72 Å². The third-order valence-electron chi connectivity index (χ3n) is 4.35. The lowest BCUT2D eigenvalue weighted by atomic mass is 9.96. The van der Waals surface area contributed by atoms with Crippen molar-refractivity contribution in [1.82, 2.24) is 9.62 Å². The maximum atomic E-state index is 13.0. The molecule has 1 fully saturated rings. The molecule has 1 N–H and O–H groups in total. The van der Waals surface area contributed by atoms with E-state index < -0.39 is 28.2 Å². The van der Waals surface area contributed by atoms with E-state index in [1.165, 1.54) is 4.90 Å². The lowest BCUT2D eigenvalue weighted by Gasteiger charge is -2.39. The van der Waals surface area contributed by atoms with Crippen molar-refractivity contribution in [3.63, 3.8) is 0 Å². The molecule has 0 aliphatic carbocycles. The number of sulfonamides is 1. The fourth-order valence-corrected chi connectivity index (χ4v) is 3.59. The second-order valence-electron chi connectivity index (χ2n) is 6.61. The third kappa shape index (κ3) is 5.36. The van der Waals surface area contributed by atoms with E-state index >= 15 is 0 Å². The number of ether oxygens (including phenoxy) is 1. The lowest BCUT2D eigenvalue weighted by Crippen LogP contribution is -2.65. The molecule has 29 heavy (non-hydrogen) atoms. The Kier molecular flexibility index (Phi) is 6.24. The number of carbonyl (C=O) groups is 2. The quantitative estimate of drug-likeness (QED) is 0.714. The number of amides is 2. The SMILES string of the molecule is [B]c1ccc(N2CCN(C(=O)OCc3ccccc3)C(NS(C)(=O)=O)C2=O)cc1. The fourth-order valence-electron chi connectivity index (χ4n) is 2.95. The Balaban J connectivity index is 1.78. The van der Waals surface area contributed by atoms with Gasteiger partial charge in [-0.15, -0.1) is 0 Å². The average Bonchev–Trinajstić information content (AvgIpc) is 2.68. The van der Waals surface area contributed by atoms with Crippen molar-refractivity contribution in [3.8, 4) is 0 Å². The van der Waals surface area contributed by atoms with Crippen LogP contribution in [0.25, 0.3) is 0 Å². The summed E-state index contributed by atoms with van der Waals surface area (Å²) in [5, 5.41) is 0. The zero-order valence-electron chi connectivity index (χ0n) is 15.8. The second kappa shape index (κ2) is 8.67. The van der Waals surface area contributed by atoms with Crippen LogP contribution in [0.3, 0.4) is 0 Å². The van der Waals surface area contributed by atoms with Gasteiger partial charge in [0.25, 0.3) is 5.91 Å². The van der Waals surface area contributed by atoms with Crippen molar-refractivity contribution in [2.24, 2.45) is 0 Å². The van der Waals surface area contributed by atoms with Gasteiger partial charge in [-0.05, 0) is 17.7 Å². The molecule has 0 aromatic heterocycles. The topological polar surface area (TPSA) is 96.0 Å². The van der Waals surface area contributed by atoms with E-state index in [4.69, 9.17) is 12.6 Å². The first kappa shape index (κ1) is 20.9. The van der Waals surface area contributed by atoms with Crippen LogP contribution < -0.4 is 15.1 Å². The molecule has 2 aromatic carbocycles. The summed E-state index contributed by atoms with van der Waals surface area (Å²) in [4.78, 5) is 28.1. The molecule has 0 saturated carbocycles. The van der Waals surface area contributed by atoms with Crippen LogP contribution in [0.5, 0.6) is 0 Å². The van der Waals surface area contributed by atoms with Gasteiger partial charge in [-0.2, -0.15) is 4.72 Å². The van der Waals surface area contributed by atoms with E-state index in [1.807, 2.05) is 18.2 Å². The summed E-state index contributed by atoms with van der Waals surface area (Å²) in [5.41, 5.74) is 1.87. The van der Waals surface area contributed by atoms with Gasteiger partial charge in [0.15, 0.2) is 6.17 Å². The Morgan fingerprint density at radius 2 is 1.79 bits per heavy atom. The predicted octanol–water partition coefficient (Wildman–Crippen LogP) is 0.341. The molecule has 150 valence electrons. The highest BCUT2D eigenvalue weighted by atomic mass is 32.2. The molecule has 1 saturated heterocycles. The first-order valence-corrected chi connectivity index (χ1v) is 10.8. The largest absolute Gasteiger partial charge is 0.444 e. The van der Waals surface area contributed by atoms with Crippen LogP contribution in [0.15, 0.2) is 54.6 Å². The van der Waals surface area contributed by atoms with E-state index in [0.717, 1.165) is 16.7 Å². The van der Waals surface area contributed by atoms with Gasteiger partial charge in [-0.1, -0.05) is 47.9 Å². The van der Waals surface area contributed by atoms with Gasteiger partial charge in [-0.25, -0.2) is 13.2 Å². The molecule has 2 aromatic rings. The summed E-state index contributed by atoms with van der Waals surface area (Å²) < 4.78 is 31.1. The van der Waals surface area contributed by atoms with Crippen LogP contribution in [0, 0.1) is 0 Å². The average molecular weight is 413 g/mol. The molecule has 10 heteroatoms. The molecule has 2 radical (unpaired) electrons. The van der Waals surface area contributed by atoms with E-state index in [1.54, 1.807) is 36.4 Å². The highest BCUT2D eigenvalue weighted by molar-refractivity contribution is 7.88. The molecule has 0 bridgehead atoms. The second-order valence-corrected chi connectivity index (χ2v) is 8.39. The molecule has 1 aliphatic rings. The van der Waals surface area contributed by atoms with Gasteiger partial charge in [0.2, 0.25) is 10.0 Å². The molecule has 3 rings (SSSR count). The van der Waals surface area contributed by atoms with E-state index in [9.17, 15) is 18.0 Å². The first-order valence-electron chi connectivity index (χ1n) is 8.86. The van der Waals surface area contributed by atoms with Crippen LogP contribution in [-0.2, 0) is 26.2 Å². The molecule has 1 atom stereocenters. The predicted molar refractivity (Wildman–Crippen MR) is 109 cm³/mol. The van der Waals surface area contributed by atoms with Crippen molar-refractivity contribution in [3.05, 3.63) is 60.2 Å². The Morgan fingerprint density at radius 1 is 1.14 bits per heavy atom. The number of rotatable bonds is 5. The summed E-state index contributed by atoms with van der Waals surface area (Å²) >= 11 is 0. The maximum Gasteiger partial charge on any atom is 0.411 e. The molecular formula is C19H20BN3O5S. The molecule has 2 amide bonds. The Morgan fingerprint density at radius 3 is 2.41 bits per heavy atom. The summed E-state index contributed by atoms with van der Waals surface area (Å²) in [6.45, 7) is 0.291. The van der Waals surface area contributed by atoms with E-state index in [0.29, 0.717) is 11.2 Å². The number of nitrogens with zero attached hydrogens (tertiary/aromatic N) is 2. The lowest BCUT2D eigenvalue weighted by molar-refractivity contribution is -0.125. The molecule has 1 heterocycles. The number of hydrogen-bond acceptors (Lipinski definition) is 5. The van der Waals surface area contributed by atoms with Crippen LogP contribution in [0.2, 0.25) is 0 Å². The normalized spacial score (nSPS) is 17.3. The van der Waals surface area contributed by atoms with Gasteiger partial charge in [-0.3, -0.25) is 9.69 Å². The van der Waals surface area contributed by atoms with Gasteiger partial charge < -0.3 is 9.64 Å². The third-order valence-corrected chi connectivity index (χ3v) is 5.00. The summed E-state index contributed by atoms with van der Waals surface area (Å²) in [6, 6.07) is 15.7. The standard InChI is InChI=1S/C19H20BN3O5S/c1-29(26,27)21-17-18(24)22(16-9-7-15(20)8-10-16)11-12-23(17)19(25)28-13-14-5-3-2-4-6-14/h2-10,17,21H,11-13H2,1H3. The minimum atomic E-state index is -3.77. The number of carbonyl (C=O) groups excluding carboxylic acids is 2. The summed E-state index contributed by atoms with van der Waals surface area (Å²) in [7, 11) is 1.91. The van der Waals surface area contributed by atoms with Crippen LogP contribution >= 0.6 is 0 Å². The molecule has 1 aliphatic heterocycles. The Hall–Kier alpha value is -2.85. The van der Waals surface area contributed by atoms with Crippen molar-refractivity contribution in [1.29, 1.82) is 0 Å². The minimum absolute atomic E-state index is 0.0115. The molecule has 8 nitrogen and oxygen atoms in total. The van der Waals surface area contributed by atoms with Gasteiger partial charge in [0.05, 0.1) is 6.26 Å². The van der Waals surface area contributed by atoms with Crippen LogP contribution in [0.4, 0.5) is 10.5 Å². The van der Waals surface area contributed by atoms with Crippen molar-refractivity contribution in [2.45, 2.75) is 12.8 Å². The number of benzene rings is 2. The van der Waals surface area contributed by atoms with Gasteiger partial charge >= 0.3 is 6.09 Å². The summed E-state index contributed by atoms with van der Waals surface area (Å²) in [5.74, 6) is -0.580. The number of anilines is 1. The number of nitrogens with one attached hydrogen (secondary N) is 1. The maximum absolute atomic E-state index is 13.0. The van der Waals surface area contributed by atoms with Gasteiger partial charge in [0, 0.05) is 18.8 Å². The Bertz CT molecular complexity index is 983. The number of piperazine rings is 1. The minimum Gasteiger partial charge on any atom is -0.444 e. The zero-order valence-corrected chi connectivity index (χ0v) is 16.6. The van der Waals surface area contributed by atoms with Crippen molar-refractivity contribution < 1.29 is 22.7 Å². The smallest absolute Gasteiger partial charge is 0.411 e. The zero-order chi connectivity index (χ0) is 21.0. The fraction of sp³-hybridized carbons (Fsp3) is 0.263. The number of hydrogen-bond donors (Lipinski definition) is 1. The summed E-state index contributed by atoms with van der Waals surface area (Å²) in [6.07, 6.45) is -1.25. The molecule has 1 unspecified atom stereocenters. The van der Waals surface area contributed by atoms with E-state index in [-0.39, 0.29) is 19.7 Å². The monoisotopic (exact) mass is 413 g/mol. The van der Waals surface area contributed by atoms with Crippen LogP contribution in [-0.4, -0.2) is 58.7 Å². The Labute approximate surface area is 170 Å². The highest BCUT2D eigenvalue weighted by Crippen LogP contribution is 2.20. The van der Waals surface area contributed by atoms with Crippen molar-refractivity contribution in [2.75, 3.05) is 24.2 Å². The van der Waals surface area contributed by atoms with Gasteiger partial charge in [0.1, 0.15) is 14.5 Å². The molecule has 0 spiro atoms. The van der Waals surface area contributed by atoms with Crippen molar-refractivity contribution >= 4 is 41.0 Å². The highest BCUT2D eigenvalue weighted by Gasteiger charge is 2.40. The first-order chi connectivity index (χ1) is 13.7. The van der Waals surface area contributed by atoms with Crippen LogP contribution in [0.1, 0.15) is 5.56 Å².